The van der Waals surface area contributed by atoms with Crippen LogP contribution in [0.15, 0.2) is 30.9 Å². The normalized spacial score (nSPS) is 9.76. The molecule has 0 saturated carbocycles. The van der Waals surface area contributed by atoms with Gasteiger partial charge in [-0.1, -0.05) is 35.4 Å². The summed E-state index contributed by atoms with van der Waals surface area (Å²) in [6.45, 7) is 10.0. The predicted molar refractivity (Wildman–Crippen MR) is 82.4 cm³/mol. The Bertz CT molecular complexity index is 319. The number of thioether (sulfide) groups is 1. The number of nitrogens with one attached hydrogen (secondary N) is 1. The lowest BCUT2D eigenvalue weighted by Gasteiger charge is -2.06. The highest BCUT2D eigenvalue weighted by molar-refractivity contribution is 7.99. The van der Waals surface area contributed by atoms with Gasteiger partial charge in [-0.05, 0) is 19.4 Å². The van der Waals surface area contributed by atoms with Crippen molar-refractivity contribution in [2.45, 2.75) is 20.4 Å². The lowest BCUT2D eigenvalue weighted by molar-refractivity contribution is 0.731. The van der Waals surface area contributed by atoms with E-state index in [1.165, 1.54) is 16.7 Å². The summed E-state index contributed by atoms with van der Waals surface area (Å²) in [6, 6.07) is 6.71. The summed E-state index contributed by atoms with van der Waals surface area (Å²) in [5, 5.41) is 3.46. The van der Waals surface area contributed by atoms with E-state index in [4.69, 9.17) is 0 Å². The maximum Gasteiger partial charge on any atom is 0.0206 e. The number of benzene rings is 1. The quantitative estimate of drug-likeness (QED) is 0.599. The second kappa shape index (κ2) is 9.58. The minimum absolute atomic E-state index is 0. The van der Waals surface area contributed by atoms with Crippen molar-refractivity contribution in [3.8, 4) is 0 Å². The maximum absolute atomic E-state index is 3.70. The molecule has 0 aromatic heterocycles. The van der Waals surface area contributed by atoms with Gasteiger partial charge >= 0.3 is 0 Å². The molecule has 0 saturated heterocycles. The van der Waals surface area contributed by atoms with E-state index in [0.29, 0.717) is 0 Å². The predicted octanol–water partition coefficient (Wildman–Crippen LogP) is 3.73. The summed E-state index contributed by atoms with van der Waals surface area (Å²) in [5.41, 5.74) is 4.07. The Morgan fingerprint density at radius 2 is 1.88 bits per heavy atom. The van der Waals surface area contributed by atoms with E-state index in [-0.39, 0.29) is 12.4 Å². The SMILES string of the molecule is C=CCSCCNCc1cc(C)cc(C)c1.Cl. The van der Waals surface area contributed by atoms with Gasteiger partial charge in [0.15, 0.2) is 0 Å². The Hall–Kier alpha value is -0.440. The van der Waals surface area contributed by atoms with Crippen LogP contribution in [0.3, 0.4) is 0 Å². The van der Waals surface area contributed by atoms with E-state index in [1.54, 1.807) is 0 Å². The summed E-state index contributed by atoms with van der Waals surface area (Å²) in [4.78, 5) is 0. The van der Waals surface area contributed by atoms with Crippen LogP contribution in [0, 0.1) is 13.8 Å². The summed E-state index contributed by atoms with van der Waals surface area (Å²) in [6.07, 6.45) is 1.95. The van der Waals surface area contributed by atoms with Gasteiger partial charge < -0.3 is 5.32 Å². The first-order valence-corrected chi connectivity index (χ1v) is 6.84. The highest BCUT2D eigenvalue weighted by Crippen LogP contribution is 2.08. The van der Waals surface area contributed by atoms with Gasteiger partial charge in [-0.3, -0.25) is 0 Å². The van der Waals surface area contributed by atoms with Crippen LogP contribution in [0.2, 0.25) is 0 Å². The van der Waals surface area contributed by atoms with Crippen LogP contribution in [0.1, 0.15) is 16.7 Å². The molecule has 1 N–H and O–H groups in total. The van der Waals surface area contributed by atoms with Crippen LogP contribution in [0.4, 0.5) is 0 Å². The number of hydrogen-bond acceptors (Lipinski definition) is 2. The first kappa shape index (κ1) is 16.6. The van der Waals surface area contributed by atoms with Gasteiger partial charge in [0, 0.05) is 24.6 Å². The molecule has 0 bridgehead atoms. The molecule has 1 rings (SSSR count). The van der Waals surface area contributed by atoms with Crippen LogP contribution in [0.5, 0.6) is 0 Å². The Morgan fingerprint density at radius 1 is 1.24 bits per heavy atom. The van der Waals surface area contributed by atoms with E-state index in [0.717, 1.165) is 24.6 Å². The molecule has 17 heavy (non-hydrogen) atoms. The Labute approximate surface area is 115 Å². The highest BCUT2D eigenvalue weighted by Gasteiger charge is 1.95. The van der Waals surface area contributed by atoms with Crippen LogP contribution in [-0.4, -0.2) is 18.1 Å². The molecule has 1 aromatic rings. The van der Waals surface area contributed by atoms with Gasteiger partial charge in [0.2, 0.25) is 0 Å². The lowest BCUT2D eigenvalue weighted by Crippen LogP contribution is -2.16. The van der Waals surface area contributed by atoms with E-state index < -0.39 is 0 Å². The molecule has 0 amide bonds. The van der Waals surface area contributed by atoms with E-state index >= 15 is 0 Å². The first-order valence-electron chi connectivity index (χ1n) is 5.69. The topological polar surface area (TPSA) is 12.0 Å². The highest BCUT2D eigenvalue weighted by atomic mass is 35.5. The molecule has 0 heterocycles. The maximum atomic E-state index is 3.70. The van der Waals surface area contributed by atoms with Gasteiger partial charge in [0.05, 0.1) is 0 Å². The molecule has 0 aliphatic carbocycles. The molecule has 96 valence electrons. The molecular formula is C14H22ClNS. The molecule has 0 atom stereocenters. The molecule has 3 heteroatoms. The molecule has 0 spiro atoms. The molecule has 0 fully saturated rings. The van der Waals surface area contributed by atoms with E-state index in [9.17, 15) is 0 Å². The summed E-state index contributed by atoms with van der Waals surface area (Å²) < 4.78 is 0. The minimum Gasteiger partial charge on any atom is -0.312 e. The zero-order valence-corrected chi connectivity index (χ0v) is 12.3. The van der Waals surface area contributed by atoms with Crippen molar-refractivity contribution in [3.63, 3.8) is 0 Å². The van der Waals surface area contributed by atoms with Gasteiger partial charge in [0.1, 0.15) is 0 Å². The summed E-state index contributed by atoms with van der Waals surface area (Å²) in [5.74, 6) is 2.20. The third-order valence-electron chi connectivity index (χ3n) is 2.27. The fourth-order valence-corrected chi connectivity index (χ4v) is 2.34. The Balaban J connectivity index is 0.00000256. The lowest BCUT2D eigenvalue weighted by atomic mass is 10.1. The minimum atomic E-state index is 0. The standard InChI is InChI=1S/C14H21NS.ClH/c1-4-6-16-7-5-15-11-14-9-12(2)8-13(3)10-14;/h4,8-10,15H,1,5-7,11H2,2-3H3;1H. The third kappa shape index (κ3) is 7.48. The van der Waals surface area contributed by atoms with Crippen LogP contribution < -0.4 is 5.32 Å². The monoisotopic (exact) mass is 271 g/mol. The summed E-state index contributed by atoms with van der Waals surface area (Å²) in [7, 11) is 0. The van der Waals surface area contributed by atoms with Crippen molar-refractivity contribution in [2.75, 3.05) is 18.1 Å². The average molecular weight is 272 g/mol. The fraction of sp³-hybridized carbons (Fsp3) is 0.429. The van der Waals surface area contributed by atoms with Crippen molar-refractivity contribution in [1.29, 1.82) is 0 Å². The largest absolute Gasteiger partial charge is 0.312 e. The van der Waals surface area contributed by atoms with E-state index in [2.05, 4.69) is 43.9 Å². The second-order valence-corrected chi connectivity index (χ2v) is 5.19. The van der Waals surface area contributed by atoms with Crippen LogP contribution in [-0.2, 0) is 6.54 Å². The smallest absolute Gasteiger partial charge is 0.0206 e. The average Bonchev–Trinajstić information content (AvgIpc) is 2.22. The third-order valence-corrected chi connectivity index (χ3v) is 3.23. The zero-order valence-electron chi connectivity index (χ0n) is 10.7. The van der Waals surface area contributed by atoms with Crippen molar-refractivity contribution in [1.82, 2.24) is 5.32 Å². The fourth-order valence-electron chi connectivity index (χ4n) is 1.71. The first-order chi connectivity index (χ1) is 7.72. The molecular weight excluding hydrogens is 250 g/mol. The molecule has 0 radical (unpaired) electrons. The van der Waals surface area contributed by atoms with Gasteiger partial charge in [-0.15, -0.1) is 19.0 Å². The Kier molecular flexibility index (Phi) is 9.33. The molecule has 1 aromatic carbocycles. The van der Waals surface area contributed by atoms with Crippen LogP contribution in [0.25, 0.3) is 0 Å². The molecule has 1 nitrogen and oxygen atoms in total. The molecule has 0 aliphatic heterocycles. The molecule has 0 unspecified atom stereocenters. The van der Waals surface area contributed by atoms with Gasteiger partial charge in [-0.2, -0.15) is 11.8 Å². The Morgan fingerprint density at radius 3 is 2.47 bits per heavy atom. The number of aryl methyl sites for hydroxylation is 2. The van der Waals surface area contributed by atoms with Crippen LogP contribution >= 0.6 is 24.2 Å². The van der Waals surface area contributed by atoms with Crippen molar-refractivity contribution in [2.24, 2.45) is 0 Å². The summed E-state index contributed by atoms with van der Waals surface area (Å²) >= 11 is 1.91. The second-order valence-electron chi connectivity index (χ2n) is 4.04. The van der Waals surface area contributed by atoms with Gasteiger partial charge in [-0.25, -0.2) is 0 Å². The van der Waals surface area contributed by atoms with Gasteiger partial charge in [0.25, 0.3) is 0 Å². The number of halogens is 1. The molecule has 0 aliphatic rings. The zero-order chi connectivity index (χ0) is 11.8. The number of hydrogen-bond donors (Lipinski definition) is 1. The van der Waals surface area contributed by atoms with E-state index in [1.807, 2.05) is 17.8 Å². The van der Waals surface area contributed by atoms with Crippen molar-refractivity contribution < 1.29 is 0 Å². The van der Waals surface area contributed by atoms with Crippen molar-refractivity contribution in [3.05, 3.63) is 47.5 Å². The van der Waals surface area contributed by atoms with Crippen molar-refractivity contribution >= 4 is 24.2 Å². The number of rotatable bonds is 7.